The van der Waals surface area contributed by atoms with Gasteiger partial charge in [-0.15, -0.1) is 0 Å². The Kier molecular flexibility index (Phi) is 8.35. The number of anilines is 2. The molecule has 1 aliphatic heterocycles. The van der Waals surface area contributed by atoms with Gasteiger partial charge in [0.05, 0.1) is 11.4 Å². The summed E-state index contributed by atoms with van der Waals surface area (Å²) in [6, 6.07) is 16.2. The lowest BCUT2D eigenvalue weighted by atomic mass is 10.2. The molecule has 2 aromatic carbocycles. The number of rotatable bonds is 6. The second kappa shape index (κ2) is 11.4. The molecule has 1 aliphatic rings. The third kappa shape index (κ3) is 6.65. The summed E-state index contributed by atoms with van der Waals surface area (Å²) in [5.41, 5.74) is 3.01. The maximum atomic E-state index is 12.8. The SMILES string of the molecule is O=C(Nc1ccc(Cl)cc1N1CCN(C/C=C/c2ccc(Cl)cc2)CC1)c1cc(Cl)nc(Cl)c1. The van der Waals surface area contributed by atoms with Crippen LogP contribution in [0.1, 0.15) is 15.9 Å². The topological polar surface area (TPSA) is 48.5 Å². The van der Waals surface area contributed by atoms with Gasteiger partial charge < -0.3 is 10.2 Å². The van der Waals surface area contributed by atoms with Gasteiger partial charge in [-0.25, -0.2) is 4.98 Å². The largest absolute Gasteiger partial charge is 0.367 e. The van der Waals surface area contributed by atoms with E-state index < -0.39 is 0 Å². The Bertz CT molecular complexity index is 1170. The molecule has 1 fully saturated rings. The van der Waals surface area contributed by atoms with Gasteiger partial charge in [-0.2, -0.15) is 0 Å². The molecule has 1 aromatic heterocycles. The molecule has 0 bridgehead atoms. The Morgan fingerprint density at radius 2 is 1.53 bits per heavy atom. The number of piperazine rings is 1. The smallest absolute Gasteiger partial charge is 0.255 e. The lowest BCUT2D eigenvalue weighted by molar-refractivity contribution is 0.102. The zero-order valence-electron chi connectivity index (χ0n) is 18.1. The van der Waals surface area contributed by atoms with Gasteiger partial charge in [0, 0.05) is 48.3 Å². The molecular formula is C25H22Cl4N4O. The molecule has 1 saturated heterocycles. The van der Waals surface area contributed by atoms with E-state index in [1.54, 1.807) is 12.1 Å². The predicted molar refractivity (Wildman–Crippen MR) is 143 cm³/mol. The van der Waals surface area contributed by atoms with Crippen LogP contribution >= 0.6 is 46.4 Å². The fraction of sp³-hybridized carbons (Fsp3) is 0.200. The molecule has 9 heteroatoms. The summed E-state index contributed by atoms with van der Waals surface area (Å²) in [5.74, 6) is -0.319. The van der Waals surface area contributed by atoms with Gasteiger partial charge in [0.2, 0.25) is 0 Å². The number of nitrogens with one attached hydrogen (secondary N) is 1. The van der Waals surface area contributed by atoms with Gasteiger partial charge in [-0.1, -0.05) is 70.7 Å². The highest BCUT2D eigenvalue weighted by Crippen LogP contribution is 2.31. The predicted octanol–water partition coefficient (Wildman–Crippen LogP) is 6.78. The minimum atomic E-state index is -0.319. The Morgan fingerprint density at radius 1 is 0.882 bits per heavy atom. The minimum absolute atomic E-state index is 0.162. The van der Waals surface area contributed by atoms with E-state index in [-0.39, 0.29) is 16.2 Å². The van der Waals surface area contributed by atoms with Crippen molar-refractivity contribution in [2.24, 2.45) is 0 Å². The van der Waals surface area contributed by atoms with Crippen molar-refractivity contribution in [2.45, 2.75) is 0 Å². The van der Waals surface area contributed by atoms with Gasteiger partial charge >= 0.3 is 0 Å². The number of amides is 1. The summed E-state index contributed by atoms with van der Waals surface area (Å²) in [5, 5.41) is 4.62. The van der Waals surface area contributed by atoms with Crippen molar-refractivity contribution in [3.63, 3.8) is 0 Å². The molecule has 0 saturated carbocycles. The molecule has 5 nitrogen and oxygen atoms in total. The van der Waals surface area contributed by atoms with Crippen molar-refractivity contribution in [1.82, 2.24) is 9.88 Å². The van der Waals surface area contributed by atoms with Crippen LogP contribution in [0.5, 0.6) is 0 Å². The summed E-state index contributed by atoms with van der Waals surface area (Å²) in [6.45, 7) is 4.26. The summed E-state index contributed by atoms with van der Waals surface area (Å²) < 4.78 is 0. The quantitative estimate of drug-likeness (QED) is 0.353. The molecular weight excluding hydrogens is 514 g/mol. The number of pyridine rings is 1. The monoisotopic (exact) mass is 534 g/mol. The maximum absolute atomic E-state index is 12.8. The van der Waals surface area contributed by atoms with Crippen molar-refractivity contribution in [2.75, 3.05) is 42.9 Å². The number of benzene rings is 2. The standard InChI is InChI=1S/C25H22Cl4N4O/c26-19-5-3-17(4-6-19)2-1-9-32-10-12-33(13-11-32)22-16-20(27)7-8-21(22)30-25(34)18-14-23(28)31-24(29)15-18/h1-8,14-16H,9-13H2,(H,30,34)/b2-1+. The van der Waals surface area contributed by atoms with E-state index in [1.807, 2.05) is 30.3 Å². The van der Waals surface area contributed by atoms with Crippen molar-refractivity contribution < 1.29 is 4.79 Å². The Labute approximate surface area is 218 Å². The van der Waals surface area contributed by atoms with E-state index in [0.717, 1.165) is 49.0 Å². The lowest BCUT2D eigenvalue weighted by Crippen LogP contribution is -2.46. The van der Waals surface area contributed by atoms with Crippen LogP contribution in [0.15, 0.2) is 60.7 Å². The number of nitrogens with zero attached hydrogens (tertiary/aromatic N) is 3. The van der Waals surface area contributed by atoms with E-state index in [4.69, 9.17) is 46.4 Å². The highest BCUT2D eigenvalue weighted by molar-refractivity contribution is 6.33. The van der Waals surface area contributed by atoms with Crippen LogP contribution in [-0.4, -0.2) is 48.5 Å². The number of carbonyl (C=O) groups excluding carboxylic acids is 1. The summed E-state index contributed by atoms with van der Waals surface area (Å²) in [4.78, 5) is 21.3. The van der Waals surface area contributed by atoms with Gasteiger partial charge in [0.25, 0.3) is 5.91 Å². The van der Waals surface area contributed by atoms with Crippen LogP contribution in [-0.2, 0) is 0 Å². The number of halogens is 4. The van der Waals surface area contributed by atoms with E-state index >= 15 is 0 Å². The molecule has 1 amide bonds. The third-order valence-electron chi connectivity index (χ3n) is 5.49. The van der Waals surface area contributed by atoms with Gasteiger partial charge in [-0.05, 0) is 48.0 Å². The lowest BCUT2D eigenvalue weighted by Gasteiger charge is -2.36. The Morgan fingerprint density at radius 3 is 2.21 bits per heavy atom. The number of aromatic nitrogens is 1. The Balaban J connectivity index is 1.39. The second-order valence-corrected chi connectivity index (χ2v) is 9.51. The average Bonchev–Trinajstić information content (AvgIpc) is 2.81. The highest BCUT2D eigenvalue weighted by atomic mass is 35.5. The van der Waals surface area contributed by atoms with E-state index in [1.165, 1.54) is 12.1 Å². The molecule has 34 heavy (non-hydrogen) atoms. The Hall–Kier alpha value is -2.28. The first-order chi connectivity index (χ1) is 16.4. The van der Waals surface area contributed by atoms with Gasteiger partial charge in [-0.3, -0.25) is 9.69 Å². The normalized spacial score (nSPS) is 14.5. The molecule has 0 atom stereocenters. The van der Waals surface area contributed by atoms with Crippen LogP contribution < -0.4 is 10.2 Å². The van der Waals surface area contributed by atoms with Crippen LogP contribution in [0.25, 0.3) is 6.08 Å². The zero-order chi connectivity index (χ0) is 24.1. The van der Waals surface area contributed by atoms with Gasteiger partial charge in [0.15, 0.2) is 0 Å². The highest BCUT2D eigenvalue weighted by Gasteiger charge is 2.20. The van der Waals surface area contributed by atoms with E-state index in [2.05, 4.69) is 32.3 Å². The summed E-state index contributed by atoms with van der Waals surface area (Å²) in [6.07, 6.45) is 4.26. The van der Waals surface area contributed by atoms with Crippen molar-refractivity contribution >= 4 is 69.8 Å². The first kappa shape index (κ1) is 24.8. The van der Waals surface area contributed by atoms with Crippen LogP contribution in [0, 0.1) is 0 Å². The van der Waals surface area contributed by atoms with Crippen molar-refractivity contribution in [1.29, 1.82) is 0 Å². The molecule has 1 N–H and O–H groups in total. The maximum Gasteiger partial charge on any atom is 0.255 e. The molecule has 3 aromatic rings. The fourth-order valence-electron chi connectivity index (χ4n) is 3.75. The third-order valence-corrected chi connectivity index (χ3v) is 6.36. The fourth-order valence-corrected chi connectivity index (χ4v) is 4.50. The molecule has 176 valence electrons. The molecule has 4 rings (SSSR count). The van der Waals surface area contributed by atoms with E-state index in [0.29, 0.717) is 16.3 Å². The molecule has 0 aliphatic carbocycles. The van der Waals surface area contributed by atoms with Crippen molar-refractivity contribution in [3.8, 4) is 0 Å². The number of hydrogen-bond acceptors (Lipinski definition) is 4. The van der Waals surface area contributed by atoms with Gasteiger partial charge in [0.1, 0.15) is 10.3 Å². The number of carbonyl (C=O) groups is 1. The van der Waals surface area contributed by atoms with Crippen molar-refractivity contribution in [3.05, 3.63) is 92.2 Å². The molecule has 0 spiro atoms. The molecule has 0 radical (unpaired) electrons. The van der Waals surface area contributed by atoms with Crippen LogP contribution in [0.3, 0.4) is 0 Å². The number of hydrogen-bond donors (Lipinski definition) is 1. The van der Waals surface area contributed by atoms with E-state index in [9.17, 15) is 4.79 Å². The van der Waals surface area contributed by atoms with Crippen LogP contribution in [0.2, 0.25) is 20.4 Å². The minimum Gasteiger partial charge on any atom is -0.367 e. The second-order valence-electron chi connectivity index (χ2n) is 7.86. The first-order valence-corrected chi connectivity index (χ1v) is 12.2. The summed E-state index contributed by atoms with van der Waals surface area (Å²) >= 11 is 24.1. The summed E-state index contributed by atoms with van der Waals surface area (Å²) in [7, 11) is 0. The van der Waals surface area contributed by atoms with Crippen LogP contribution in [0.4, 0.5) is 11.4 Å². The first-order valence-electron chi connectivity index (χ1n) is 10.7. The molecule has 2 heterocycles. The zero-order valence-corrected chi connectivity index (χ0v) is 21.2. The average molecular weight is 536 g/mol. The molecule has 0 unspecified atom stereocenters.